The number of ketones is 1. The number of aliphatic carboxylic acids is 1. The molecule has 0 spiro atoms. The van der Waals surface area contributed by atoms with Crippen molar-refractivity contribution in [3.05, 3.63) is 81.4 Å². The summed E-state index contributed by atoms with van der Waals surface area (Å²) in [6.45, 7) is 0.248. The largest absolute Gasteiger partial charge is 0.481 e. The Kier molecular flexibility index (Phi) is 6.44. The molecular formula is C21H16BrClN2O3. The fourth-order valence-electron chi connectivity index (χ4n) is 2.59. The minimum atomic E-state index is -0.893. The fraction of sp³-hybridized carbons (Fsp3) is 0.0952. The molecule has 0 bridgehead atoms. The number of hydrogen-bond acceptors (Lipinski definition) is 3. The zero-order chi connectivity index (χ0) is 20.1. The van der Waals surface area contributed by atoms with Gasteiger partial charge in [-0.05, 0) is 48.6 Å². The Morgan fingerprint density at radius 2 is 1.79 bits per heavy atom. The van der Waals surface area contributed by atoms with Crippen molar-refractivity contribution in [2.75, 3.05) is 0 Å². The van der Waals surface area contributed by atoms with Crippen LogP contribution in [0.15, 0.2) is 65.3 Å². The Morgan fingerprint density at radius 1 is 1.11 bits per heavy atom. The van der Waals surface area contributed by atoms with Crippen molar-refractivity contribution in [1.82, 2.24) is 9.78 Å². The topological polar surface area (TPSA) is 72.2 Å². The molecule has 0 aliphatic heterocycles. The van der Waals surface area contributed by atoms with E-state index in [4.69, 9.17) is 16.7 Å². The van der Waals surface area contributed by atoms with Crippen LogP contribution in [-0.4, -0.2) is 26.6 Å². The summed E-state index contributed by atoms with van der Waals surface area (Å²) in [5.41, 5.74) is 2.81. The number of carboxylic acid groups (broad SMARTS) is 1. The van der Waals surface area contributed by atoms with Gasteiger partial charge in [0.2, 0.25) is 0 Å². The number of allylic oxidation sites excluding steroid dienone is 1. The normalized spacial score (nSPS) is 11.1. The highest BCUT2D eigenvalue weighted by Gasteiger charge is 2.11. The number of carbonyl (C=O) groups excluding carboxylic acids is 1. The van der Waals surface area contributed by atoms with Gasteiger partial charge in [-0.2, -0.15) is 5.10 Å². The maximum absolute atomic E-state index is 12.4. The number of carboxylic acids is 1. The highest BCUT2D eigenvalue weighted by molar-refractivity contribution is 9.10. The smallest absolute Gasteiger partial charge is 0.305 e. The van der Waals surface area contributed by atoms with Gasteiger partial charge in [-0.1, -0.05) is 39.7 Å². The monoisotopic (exact) mass is 458 g/mol. The van der Waals surface area contributed by atoms with Crippen LogP contribution < -0.4 is 0 Å². The van der Waals surface area contributed by atoms with Gasteiger partial charge in [0, 0.05) is 32.4 Å². The van der Waals surface area contributed by atoms with Crippen molar-refractivity contribution in [1.29, 1.82) is 0 Å². The first-order valence-electron chi connectivity index (χ1n) is 8.45. The molecule has 3 rings (SSSR count). The van der Waals surface area contributed by atoms with Crippen LogP contribution in [-0.2, 0) is 11.3 Å². The highest BCUT2D eigenvalue weighted by Crippen LogP contribution is 2.25. The van der Waals surface area contributed by atoms with Crippen LogP contribution >= 0.6 is 27.5 Å². The third-order valence-electron chi connectivity index (χ3n) is 4.01. The summed E-state index contributed by atoms with van der Waals surface area (Å²) in [6, 6.07) is 14.3. The van der Waals surface area contributed by atoms with E-state index in [0.29, 0.717) is 16.3 Å². The van der Waals surface area contributed by atoms with Crippen LogP contribution in [0.3, 0.4) is 0 Å². The van der Waals surface area contributed by atoms with E-state index in [-0.39, 0.29) is 18.7 Å². The summed E-state index contributed by atoms with van der Waals surface area (Å²) in [5.74, 6) is -1.05. The van der Waals surface area contributed by atoms with Gasteiger partial charge >= 0.3 is 5.97 Å². The zero-order valence-corrected chi connectivity index (χ0v) is 17.0. The van der Waals surface area contributed by atoms with Crippen LogP contribution in [0.5, 0.6) is 0 Å². The Labute approximate surface area is 175 Å². The number of aromatic nitrogens is 2. The minimum absolute atomic E-state index is 0.0334. The molecule has 0 aliphatic rings. The molecule has 142 valence electrons. The molecule has 0 radical (unpaired) electrons. The molecule has 1 aromatic heterocycles. The van der Waals surface area contributed by atoms with Crippen LogP contribution in [0.25, 0.3) is 17.3 Å². The van der Waals surface area contributed by atoms with Gasteiger partial charge < -0.3 is 5.11 Å². The lowest BCUT2D eigenvalue weighted by Crippen LogP contribution is -2.04. The van der Waals surface area contributed by atoms with Crippen molar-refractivity contribution in [3.8, 4) is 11.3 Å². The molecular weight excluding hydrogens is 444 g/mol. The standard InChI is InChI=1S/C21H16BrClN2O3/c22-17-6-1-15(2-7-17)21-16(13-25(24-21)12-11-20(27)28)5-10-19(26)14-3-8-18(23)9-4-14/h1-10,13H,11-12H2,(H,27,28). The summed E-state index contributed by atoms with van der Waals surface area (Å²) in [6.07, 6.45) is 4.88. The summed E-state index contributed by atoms with van der Waals surface area (Å²) in [4.78, 5) is 23.3. The highest BCUT2D eigenvalue weighted by atomic mass is 79.9. The van der Waals surface area contributed by atoms with E-state index in [9.17, 15) is 9.59 Å². The molecule has 0 aliphatic carbocycles. The summed E-state index contributed by atoms with van der Waals surface area (Å²) >= 11 is 9.26. The Hall–Kier alpha value is -2.70. The van der Waals surface area contributed by atoms with Gasteiger partial charge in [-0.25, -0.2) is 0 Å². The lowest BCUT2D eigenvalue weighted by molar-refractivity contribution is -0.137. The van der Waals surface area contributed by atoms with Gasteiger partial charge in [0.1, 0.15) is 0 Å². The molecule has 5 nitrogen and oxygen atoms in total. The van der Waals surface area contributed by atoms with Crippen LogP contribution in [0.1, 0.15) is 22.3 Å². The van der Waals surface area contributed by atoms with Crippen molar-refractivity contribution in [3.63, 3.8) is 0 Å². The third kappa shape index (κ3) is 5.18. The second-order valence-electron chi connectivity index (χ2n) is 6.05. The first-order chi connectivity index (χ1) is 13.4. The number of benzene rings is 2. The van der Waals surface area contributed by atoms with Crippen molar-refractivity contribution in [2.24, 2.45) is 0 Å². The summed E-state index contributed by atoms with van der Waals surface area (Å²) in [7, 11) is 0. The average Bonchev–Trinajstić information content (AvgIpc) is 3.09. The second-order valence-corrected chi connectivity index (χ2v) is 7.40. The predicted molar refractivity (Wildman–Crippen MR) is 112 cm³/mol. The van der Waals surface area contributed by atoms with Gasteiger partial charge in [-0.3, -0.25) is 14.3 Å². The number of halogens is 2. The lowest BCUT2D eigenvalue weighted by Gasteiger charge is -2.00. The summed E-state index contributed by atoms with van der Waals surface area (Å²) in [5, 5.41) is 14.0. The van der Waals surface area contributed by atoms with Crippen molar-refractivity contribution in [2.45, 2.75) is 13.0 Å². The first kappa shape index (κ1) is 20.0. The zero-order valence-electron chi connectivity index (χ0n) is 14.7. The van der Waals surface area contributed by atoms with Crippen LogP contribution in [0.4, 0.5) is 0 Å². The molecule has 2 aromatic carbocycles. The van der Waals surface area contributed by atoms with Crippen molar-refractivity contribution < 1.29 is 14.7 Å². The van der Waals surface area contributed by atoms with Gasteiger partial charge in [0.05, 0.1) is 18.7 Å². The SMILES string of the molecule is O=C(O)CCn1cc(C=CC(=O)c2ccc(Cl)cc2)c(-c2ccc(Br)cc2)n1. The van der Waals surface area contributed by atoms with Gasteiger partial charge in [-0.15, -0.1) is 0 Å². The molecule has 1 heterocycles. The van der Waals surface area contributed by atoms with E-state index < -0.39 is 5.97 Å². The van der Waals surface area contributed by atoms with Crippen molar-refractivity contribution >= 4 is 45.4 Å². The molecule has 28 heavy (non-hydrogen) atoms. The van der Waals surface area contributed by atoms with Gasteiger partial charge in [0.25, 0.3) is 0 Å². The molecule has 0 saturated carbocycles. The third-order valence-corrected chi connectivity index (χ3v) is 4.79. The molecule has 0 saturated heterocycles. The first-order valence-corrected chi connectivity index (χ1v) is 9.62. The molecule has 0 atom stereocenters. The number of nitrogens with zero attached hydrogens (tertiary/aromatic N) is 2. The molecule has 1 N–H and O–H groups in total. The Morgan fingerprint density at radius 3 is 2.43 bits per heavy atom. The van der Waals surface area contributed by atoms with E-state index in [2.05, 4.69) is 21.0 Å². The Balaban J connectivity index is 1.90. The average molecular weight is 460 g/mol. The van der Waals surface area contributed by atoms with Gasteiger partial charge in [0.15, 0.2) is 5.78 Å². The fourth-order valence-corrected chi connectivity index (χ4v) is 2.98. The summed E-state index contributed by atoms with van der Waals surface area (Å²) < 4.78 is 2.52. The minimum Gasteiger partial charge on any atom is -0.481 e. The quantitative estimate of drug-likeness (QED) is 0.382. The van der Waals surface area contributed by atoms with Crippen LogP contribution in [0.2, 0.25) is 5.02 Å². The van der Waals surface area contributed by atoms with E-state index in [1.165, 1.54) is 6.08 Å². The van der Waals surface area contributed by atoms with Crippen LogP contribution in [0, 0.1) is 0 Å². The molecule has 3 aromatic rings. The molecule has 0 fully saturated rings. The van der Waals surface area contributed by atoms with E-state index in [0.717, 1.165) is 15.6 Å². The Bertz CT molecular complexity index is 1020. The number of aryl methyl sites for hydroxylation is 1. The number of rotatable bonds is 7. The lowest BCUT2D eigenvalue weighted by atomic mass is 10.1. The maximum atomic E-state index is 12.4. The molecule has 0 unspecified atom stereocenters. The second kappa shape index (κ2) is 8.99. The maximum Gasteiger partial charge on any atom is 0.305 e. The van der Waals surface area contributed by atoms with E-state index in [1.54, 1.807) is 41.2 Å². The molecule has 7 heteroatoms. The van der Waals surface area contributed by atoms with E-state index >= 15 is 0 Å². The van der Waals surface area contributed by atoms with E-state index in [1.807, 2.05) is 24.3 Å². The predicted octanol–water partition coefficient (Wildman–Crippen LogP) is 5.34. The number of hydrogen-bond donors (Lipinski definition) is 1. The molecule has 0 amide bonds. The number of carbonyl (C=O) groups is 2.